The molecule has 3 rings (SSSR count). The van der Waals surface area contributed by atoms with E-state index in [-0.39, 0.29) is 11.9 Å². The number of aromatic nitrogens is 2. The van der Waals surface area contributed by atoms with Gasteiger partial charge >= 0.3 is 0 Å². The Morgan fingerprint density at radius 1 is 1.33 bits per heavy atom. The Hall–Kier alpha value is -1.72. The van der Waals surface area contributed by atoms with Crippen molar-refractivity contribution in [1.82, 2.24) is 9.97 Å². The fraction of sp³-hybridized carbons (Fsp3) is 0.333. The maximum Gasteiger partial charge on any atom is 0.161 e. The second-order valence-corrected chi connectivity index (χ2v) is 5.27. The highest BCUT2D eigenvalue weighted by Gasteiger charge is 2.21. The third-order valence-electron chi connectivity index (χ3n) is 3.35. The predicted molar refractivity (Wildman–Crippen MR) is 78.7 cm³/mol. The number of hydrogen-bond acceptors (Lipinski definition) is 4. The number of hydrogen-bond donors (Lipinski definition) is 1. The second-order valence-electron chi connectivity index (χ2n) is 4.88. The Kier molecular flexibility index (Phi) is 4.31. The molecule has 1 aromatic heterocycles. The van der Waals surface area contributed by atoms with Crippen LogP contribution in [-0.4, -0.2) is 16.6 Å². The van der Waals surface area contributed by atoms with Crippen molar-refractivity contribution in [3.05, 3.63) is 52.7 Å². The van der Waals surface area contributed by atoms with Gasteiger partial charge in [-0.15, -0.1) is 0 Å². The van der Waals surface area contributed by atoms with E-state index in [9.17, 15) is 4.39 Å². The van der Waals surface area contributed by atoms with Crippen molar-refractivity contribution in [1.29, 1.82) is 0 Å². The first kappa shape index (κ1) is 14.2. The van der Waals surface area contributed by atoms with Gasteiger partial charge in [0.15, 0.2) is 5.82 Å². The summed E-state index contributed by atoms with van der Waals surface area (Å²) in [7, 11) is 0. The SMILES string of the molecule is Fc1ccccc1CNc1cc(Cl)nc(C2CCCO2)n1. The Morgan fingerprint density at radius 2 is 2.19 bits per heavy atom. The first-order chi connectivity index (χ1) is 10.2. The van der Waals surface area contributed by atoms with Gasteiger partial charge in [-0.25, -0.2) is 14.4 Å². The number of halogens is 2. The van der Waals surface area contributed by atoms with Crippen LogP contribution in [0.2, 0.25) is 5.15 Å². The molecule has 1 N–H and O–H groups in total. The molecule has 2 aromatic rings. The molecule has 1 unspecified atom stereocenters. The first-order valence-corrected chi connectivity index (χ1v) is 7.23. The van der Waals surface area contributed by atoms with Gasteiger partial charge in [0, 0.05) is 24.8 Å². The van der Waals surface area contributed by atoms with Gasteiger partial charge in [-0.2, -0.15) is 0 Å². The summed E-state index contributed by atoms with van der Waals surface area (Å²) in [5.41, 5.74) is 0.575. The van der Waals surface area contributed by atoms with Crippen LogP contribution in [0.4, 0.5) is 10.2 Å². The summed E-state index contributed by atoms with van der Waals surface area (Å²) in [6.45, 7) is 1.06. The van der Waals surface area contributed by atoms with E-state index in [2.05, 4.69) is 15.3 Å². The average molecular weight is 308 g/mol. The topological polar surface area (TPSA) is 47.0 Å². The van der Waals surface area contributed by atoms with Crippen molar-refractivity contribution in [3.8, 4) is 0 Å². The smallest absolute Gasteiger partial charge is 0.161 e. The average Bonchev–Trinajstić information content (AvgIpc) is 3.00. The maximum atomic E-state index is 13.6. The van der Waals surface area contributed by atoms with Crippen LogP contribution in [-0.2, 0) is 11.3 Å². The van der Waals surface area contributed by atoms with Crippen molar-refractivity contribution in [2.24, 2.45) is 0 Å². The fourth-order valence-corrected chi connectivity index (χ4v) is 2.47. The van der Waals surface area contributed by atoms with Gasteiger partial charge in [0.1, 0.15) is 22.9 Å². The van der Waals surface area contributed by atoms with E-state index in [1.54, 1.807) is 24.3 Å². The minimum atomic E-state index is -0.246. The number of nitrogens with zero attached hydrogens (tertiary/aromatic N) is 2. The summed E-state index contributed by atoms with van der Waals surface area (Å²) in [4.78, 5) is 8.61. The van der Waals surface area contributed by atoms with Crippen LogP contribution in [0.5, 0.6) is 0 Å². The van der Waals surface area contributed by atoms with E-state index in [0.29, 0.717) is 28.9 Å². The molecule has 0 radical (unpaired) electrons. The molecular weight excluding hydrogens is 293 g/mol. The van der Waals surface area contributed by atoms with Crippen molar-refractivity contribution < 1.29 is 9.13 Å². The molecule has 1 aromatic carbocycles. The summed E-state index contributed by atoms with van der Waals surface area (Å²) < 4.78 is 19.1. The summed E-state index contributed by atoms with van der Waals surface area (Å²) in [6.07, 6.45) is 1.80. The summed E-state index contributed by atoms with van der Waals surface area (Å²) in [6, 6.07) is 8.25. The van der Waals surface area contributed by atoms with Gasteiger partial charge in [-0.3, -0.25) is 0 Å². The first-order valence-electron chi connectivity index (χ1n) is 6.86. The Balaban J connectivity index is 1.74. The molecule has 0 bridgehead atoms. The number of rotatable bonds is 4. The molecule has 1 saturated heterocycles. The number of anilines is 1. The van der Waals surface area contributed by atoms with E-state index in [1.165, 1.54) is 6.07 Å². The molecule has 21 heavy (non-hydrogen) atoms. The Labute approximate surface area is 127 Å². The molecule has 1 aliphatic heterocycles. The predicted octanol–water partition coefficient (Wildman–Crippen LogP) is 3.73. The lowest BCUT2D eigenvalue weighted by atomic mass is 10.2. The molecule has 2 heterocycles. The van der Waals surface area contributed by atoms with Crippen LogP contribution < -0.4 is 5.32 Å². The molecule has 0 amide bonds. The zero-order valence-corrected chi connectivity index (χ0v) is 12.1. The maximum absolute atomic E-state index is 13.6. The van der Waals surface area contributed by atoms with Gasteiger partial charge < -0.3 is 10.1 Å². The number of nitrogens with one attached hydrogen (secondary N) is 1. The lowest BCUT2D eigenvalue weighted by molar-refractivity contribution is 0.105. The van der Waals surface area contributed by atoms with E-state index in [0.717, 1.165) is 19.4 Å². The van der Waals surface area contributed by atoms with Crippen LogP contribution in [0.15, 0.2) is 30.3 Å². The summed E-state index contributed by atoms with van der Waals surface area (Å²) in [5, 5.41) is 3.43. The second kappa shape index (κ2) is 6.37. The van der Waals surface area contributed by atoms with Gasteiger partial charge in [-0.05, 0) is 18.9 Å². The van der Waals surface area contributed by atoms with Gasteiger partial charge in [-0.1, -0.05) is 29.8 Å². The van der Waals surface area contributed by atoms with Gasteiger partial charge in [0.25, 0.3) is 0 Å². The molecule has 110 valence electrons. The summed E-state index contributed by atoms with van der Waals surface area (Å²) >= 11 is 6.02. The molecule has 0 saturated carbocycles. The van der Waals surface area contributed by atoms with E-state index >= 15 is 0 Å². The van der Waals surface area contributed by atoms with Crippen LogP contribution in [0.25, 0.3) is 0 Å². The quantitative estimate of drug-likeness (QED) is 0.874. The minimum absolute atomic E-state index is 0.0993. The summed E-state index contributed by atoms with van der Waals surface area (Å²) in [5.74, 6) is 0.907. The molecule has 6 heteroatoms. The third-order valence-corrected chi connectivity index (χ3v) is 3.54. The standard InChI is InChI=1S/C15H15ClFN3O/c16-13-8-14(18-9-10-4-1-2-5-11(10)17)20-15(19-13)12-6-3-7-21-12/h1-2,4-5,8,12H,3,6-7,9H2,(H,18,19,20). The van der Waals surface area contributed by atoms with E-state index in [4.69, 9.17) is 16.3 Å². The van der Waals surface area contributed by atoms with Crippen molar-refractivity contribution in [2.75, 3.05) is 11.9 Å². The van der Waals surface area contributed by atoms with E-state index < -0.39 is 0 Å². The van der Waals surface area contributed by atoms with Crippen molar-refractivity contribution in [3.63, 3.8) is 0 Å². The molecule has 0 spiro atoms. The molecule has 4 nitrogen and oxygen atoms in total. The van der Waals surface area contributed by atoms with Gasteiger partial charge in [0.2, 0.25) is 0 Å². The molecule has 1 fully saturated rings. The molecule has 1 atom stereocenters. The zero-order valence-electron chi connectivity index (χ0n) is 11.4. The molecule has 0 aliphatic carbocycles. The van der Waals surface area contributed by atoms with Crippen LogP contribution in [0.1, 0.15) is 30.3 Å². The Bertz CT molecular complexity index is 632. The lowest BCUT2D eigenvalue weighted by Crippen LogP contribution is -2.08. The highest BCUT2D eigenvalue weighted by atomic mass is 35.5. The normalized spacial score (nSPS) is 17.9. The van der Waals surface area contributed by atoms with Crippen molar-refractivity contribution >= 4 is 17.4 Å². The van der Waals surface area contributed by atoms with E-state index in [1.807, 2.05) is 0 Å². The van der Waals surface area contributed by atoms with Crippen molar-refractivity contribution in [2.45, 2.75) is 25.5 Å². The lowest BCUT2D eigenvalue weighted by Gasteiger charge is -2.11. The molecular formula is C15H15ClFN3O. The fourth-order valence-electron chi connectivity index (χ4n) is 2.28. The number of ether oxygens (including phenoxy) is 1. The third kappa shape index (κ3) is 3.49. The highest BCUT2D eigenvalue weighted by Crippen LogP contribution is 2.27. The minimum Gasteiger partial charge on any atom is -0.370 e. The van der Waals surface area contributed by atoms with Gasteiger partial charge in [0.05, 0.1) is 0 Å². The van der Waals surface area contributed by atoms with Crippen LogP contribution in [0, 0.1) is 5.82 Å². The Morgan fingerprint density at radius 3 is 2.95 bits per heavy atom. The molecule has 1 aliphatic rings. The number of benzene rings is 1. The monoisotopic (exact) mass is 307 g/mol. The highest BCUT2D eigenvalue weighted by molar-refractivity contribution is 6.29. The van der Waals surface area contributed by atoms with Crippen LogP contribution in [0.3, 0.4) is 0 Å². The largest absolute Gasteiger partial charge is 0.370 e. The van der Waals surface area contributed by atoms with Crippen LogP contribution >= 0.6 is 11.6 Å². The zero-order chi connectivity index (χ0) is 14.7.